The van der Waals surface area contributed by atoms with E-state index in [9.17, 15) is 19.5 Å². The molecule has 0 bridgehead atoms. The van der Waals surface area contributed by atoms with Crippen molar-refractivity contribution in [3.8, 4) is 0 Å². The van der Waals surface area contributed by atoms with Crippen LogP contribution in [0.4, 0.5) is 0 Å². The molecule has 13 nitrogen and oxygen atoms in total. The number of carbonyl (C=O) groups excluding carboxylic acids is 2. The average Bonchev–Trinajstić information content (AvgIpc) is 3.45. The highest BCUT2D eigenvalue weighted by molar-refractivity contribution is 6.12. The number of nitrogens with one attached hydrogen (secondary N) is 2. The van der Waals surface area contributed by atoms with Crippen molar-refractivity contribution in [2.24, 2.45) is 36.4 Å². The van der Waals surface area contributed by atoms with E-state index in [0.717, 1.165) is 11.1 Å². The van der Waals surface area contributed by atoms with E-state index in [1.165, 1.54) is 0 Å². The Morgan fingerprint density at radius 2 is 1.88 bits per heavy atom. The lowest BCUT2D eigenvalue weighted by Gasteiger charge is -2.17. The molecule has 1 unspecified atom stereocenters. The van der Waals surface area contributed by atoms with Gasteiger partial charge in [-0.3, -0.25) is 19.9 Å². The molecule has 2 atom stereocenters. The SMILES string of the molecule is NC1=NC2N=CC(CCc3ccc(C(=O)N[C@@H](CCC4N=NN=N4)C(=O)O)cc3)=C2C(=O)N1. The predicted octanol–water partition coefficient (Wildman–Crippen LogP) is 0.893. The molecule has 33 heavy (non-hydrogen) atoms. The monoisotopic (exact) mass is 451 g/mol. The lowest BCUT2D eigenvalue weighted by molar-refractivity contribution is -0.139. The summed E-state index contributed by atoms with van der Waals surface area (Å²) in [6.45, 7) is 0. The van der Waals surface area contributed by atoms with Crippen LogP contribution in [0.15, 0.2) is 66.1 Å². The van der Waals surface area contributed by atoms with Crippen LogP contribution in [0.25, 0.3) is 0 Å². The van der Waals surface area contributed by atoms with Crippen molar-refractivity contribution in [1.82, 2.24) is 10.6 Å². The van der Waals surface area contributed by atoms with E-state index < -0.39 is 30.2 Å². The van der Waals surface area contributed by atoms with Gasteiger partial charge >= 0.3 is 5.97 Å². The van der Waals surface area contributed by atoms with E-state index in [1.807, 2.05) is 0 Å². The van der Waals surface area contributed by atoms with Crippen molar-refractivity contribution in [2.45, 2.75) is 44.1 Å². The molecule has 0 fully saturated rings. The number of rotatable bonds is 9. The number of aliphatic carboxylic acids is 1. The minimum Gasteiger partial charge on any atom is -0.480 e. The molecule has 1 aromatic rings. The number of guanidine groups is 1. The minimum atomic E-state index is -1.14. The molecule has 170 valence electrons. The topological polar surface area (TPSA) is 196 Å². The number of fused-ring (bicyclic) bond motifs is 1. The van der Waals surface area contributed by atoms with Crippen LogP contribution in [-0.4, -0.2) is 53.4 Å². The Morgan fingerprint density at radius 1 is 1.15 bits per heavy atom. The van der Waals surface area contributed by atoms with Gasteiger partial charge in [0.05, 0.1) is 5.57 Å². The maximum atomic E-state index is 12.5. The van der Waals surface area contributed by atoms with Crippen LogP contribution >= 0.6 is 0 Å². The van der Waals surface area contributed by atoms with E-state index in [0.29, 0.717) is 30.4 Å². The lowest BCUT2D eigenvalue weighted by atomic mass is 9.99. The summed E-state index contributed by atoms with van der Waals surface area (Å²) in [5.74, 6) is -1.87. The summed E-state index contributed by atoms with van der Waals surface area (Å²) in [5, 5.41) is 28.6. The molecule has 0 saturated carbocycles. The number of amides is 2. The molecule has 0 spiro atoms. The van der Waals surface area contributed by atoms with Gasteiger partial charge in [0.1, 0.15) is 6.04 Å². The van der Waals surface area contributed by atoms with Crippen LogP contribution < -0.4 is 16.4 Å². The zero-order valence-corrected chi connectivity index (χ0v) is 17.4. The first kappa shape index (κ1) is 21.9. The fourth-order valence-electron chi connectivity index (χ4n) is 3.60. The second kappa shape index (κ2) is 9.46. The zero-order valence-electron chi connectivity index (χ0n) is 17.4. The first-order chi connectivity index (χ1) is 15.9. The fourth-order valence-corrected chi connectivity index (χ4v) is 3.60. The second-order valence-electron chi connectivity index (χ2n) is 7.59. The molecule has 3 aliphatic heterocycles. The third-order valence-electron chi connectivity index (χ3n) is 5.35. The first-order valence-electron chi connectivity index (χ1n) is 10.2. The highest BCUT2D eigenvalue weighted by atomic mass is 16.4. The smallest absolute Gasteiger partial charge is 0.326 e. The molecule has 3 heterocycles. The van der Waals surface area contributed by atoms with Gasteiger partial charge in [0.25, 0.3) is 11.8 Å². The van der Waals surface area contributed by atoms with Gasteiger partial charge in [-0.15, -0.1) is 10.2 Å². The normalized spacial score (nSPS) is 19.9. The Bertz CT molecular complexity index is 1110. The fraction of sp³-hybridized carbons (Fsp3) is 0.350. The van der Waals surface area contributed by atoms with E-state index in [2.05, 4.69) is 41.3 Å². The van der Waals surface area contributed by atoms with Crippen molar-refractivity contribution < 1.29 is 19.5 Å². The van der Waals surface area contributed by atoms with E-state index in [1.54, 1.807) is 30.5 Å². The second-order valence-corrected chi connectivity index (χ2v) is 7.59. The van der Waals surface area contributed by atoms with Crippen LogP contribution in [0.2, 0.25) is 0 Å². The molecule has 3 aliphatic rings. The molecule has 2 amide bonds. The molecule has 0 aliphatic carbocycles. The van der Waals surface area contributed by atoms with Crippen molar-refractivity contribution in [1.29, 1.82) is 0 Å². The van der Waals surface area contributed by atoms with Crippen molar-refractivity contribution in [2.75, 3.05) is 0 Å². The highest BCUT2D eigenvalue weighted by Crippen LogP contribution is 2.25. The number of carbonyl (C=O) groups is 3. The summed E-state index contributed by atoms with van der Waals surface area (Å²) >= 11 is 0. The number of aryl methyl sites for hydroxylation is 1. The van der Waals surface area contributed by atoms with Crippen LogP contribution in [-0.2, 0) is 16.0 Å². The summed E-state index contributed by atoms with van der Waals surface area (Å²) in [4.78, 5) is 44.5. The van der Waals surface area contributed by atoms with Gasteiger partial charge in [-0.05, 0) is 59.4 Å². The van der Waals surface area contributed by atoms with Crippen LogP contribution in [0.1, 0.15) is 35.2 Å². The summed E-state index contributed by atoms with van der Waals surface area (Å²) < 4.78 is 0. The summed E-state index contributed by atoms with van der Waals surface area (Å²) in [6, 6.07) is 5.76. The van der Waals surface area contributed by atoms with Crippen LogP contribution in [0.3, 0.4) is 0 Å². The lowest BCUT2D eigenvalue weighted by Crippen LogP contribution is -2.44. The molecule has 1 aromatic carbocycles. The maximum absolute atomic E-state index is 12.5. The molecule has 0 saturated heterocycles. The number of hydrogen-bond acceptors (Lipinski definition) is 10. The molecule has 5 N–H and O–H groups in total. The third kappa shape index (κ3) is 5.14. The number of nitrogens with zero attached hydrogens (tertiary/aromatic N) is 6. The summed E-state index contributed by atoms with van der Waals surface area (Å²) in [6.07, 6.45) is 2.19. The Hall–Kier alpha value is -4.29. The van der Waals surface area contributed by atoms with E-state index >= 15 is 0 Å². The largest absolute Gasteiger partial charge is 0.480 e. The number of benzene rings is 1. The zero-order chi connectivity index (χ0) is 23.4. The maximum Gasteiger partial charge on any atom is 0.326 e. The Balaban J connectivity index is 1.33. The average molecular weight is 451 g/mol. The van der Waals surface area contributed by atoms with Gasteiger partial charge < -0.3 is 16.2 Å². The number of allylic oxidation sites excluding steroid dienone is 1. The Kier molecular flexibility index (Phi) is 6.29. The summed E-state index contributed by atoms with van der Waals surface area (Å²) in [7, 11) is 0. The van der Waals surface area contributed by atoms with Gasteiger partial charge in [0, 0.05) is 11.8 Å². The minimum absolute atomic E-state index is 0.0562. The van der Waals surface area contributed by atoms with Gasteiger partial charge in [-0.2, -0.15) is 0 Å². The van der Waals surface area contributed by atoms with Gasteiger partial charge in [-0.1, -0.05) is 12.1 Å². The van der Waals surface area contributed by atoms with Crippen molar-refractivity contribution >= 4 is 30.0 Å². The number of aliphatic imine (C=N–C) groups is 2. The van der Waals surface area contributed by atoms with Crippen molar-refractivity contribution in [3.05, 3.63) is 46.5 Å². The van der Waals surface area contributed by atoms with Crippen molar-refractivity contribution in [3.63, 3.8) is 0 Å². The predicted molar refractivity (Wildman–Crippen MR) is 115 cm³/mol. The molecule has 13 heteroatoms. The van der Waals surface area contributed by atoms with E-state index in [-0.39, 0.29) is 18.3 Å². The molecule has 0 aromatic heterocycles. The number of carboxylic acid groups (broad SMARTS) is 1. The molecular weight excluding hydrogens is 430 g/mol. The summed E-state index contributed by atoms with van der Waals surface area (Å²) in [5.41, 5.74) is 8.14. The standard InChI is InChI=1S/C20H21N9O4/c21-20-24-16-15(18(31)25-20)12(9-22-16)6-3-10-1-4-11(5-2-10)17(30)23-13(19(32)33)7-8-14-26-28-29-27-14/h1-2,4-5,9,13-14,16H,3,6-8H2,(H,23,30)(H,32,33)(H3,21,24,25,31)/t13-,16?/m0/s1. The first-order valence-corrected chi connectivity index (χ1v) is 10.2. The number of nitrogens with two attached hydrogens (primary N) is 1. The molecular formula is C20H21N9O4. The molecule has 0 radical (unpaired) electrons. The third-order valence-corrected chi connectivity index (χ3v) is 5.35. The molecule has 4 rings (SSSR count). The van der Waals surface area contributed by atoms with E-state index in [4.69, 9.17) is 5.73 Å². The van der Waals surface area contributed by atoms with Crippen LogP contribution in [0, 0.1) is 0 Å². The highest BCUT2D eigenvalue weighted by Gasteiger charge is 2.31. The number of hydrogen-bond donors (Lipinski definition) is 4. The van der Waals surface area contributed by atoms with Gasteiger partial charge in [0.15, 0.2) is 18.3 Å². The quantitative estimate of drug-likeness (QED) is 0.432. The Morgan fingerprint density at radius 3 is 2.58 bits per heavy atom. The number of carboxylic acids is 1. The van der Waals surface area contributed by atoms with Crippen LogP contribution in [0.5, 0.6) is 0 Å². The van der Waals surface area contributed by atoms with Gasteiger partial charge in [0.2, 0.25) is 0 Å². The Labute approximate surface area is 187 Å². The van der Waals surface area contributed by atoms with Gasteiger partial charge in [-0.25, -0.2) is 9.79 Å².